The van der Waals surface area contributed by atoms with E-state index in [1.807, 2.05) is 24.5 Å². The van der Waals surface area contributed by atoms with Gasteiger partial charge in [-0.15, -0.1) is 11.3 Å². The van der Waals surface area contributed by atoms with E-state index < -0.39 is 0 Å². The van der Waals surface area contributed by atoms with E-state index in [1.165, 1.54) is 42.6 Å². The Bertz CT molecular complexity index is 3070. The first-order chi connectivity index (χ1) is 25.8. The van der Waals surface area contributed by atoms with Crippen molar-refractivity contribution in [2.24, 2.45) is 0 Å². The maximum absolute atomic E-state index is 5.23. The molecule has 0 aliphatic rings. The molecular formula is C46H27N5S. The van der Waals surface area contributed by atoms with E-state index in [0.717, 1.165) is 49.0 Å². The van der Waals surface area contributed by atoms with Gasteiger partial charge < -0.3 is 0 Å². The van der Waals surface area contributed by atoms with E-state index in [-0.39, 0.29) is 0 Å². The number of benzene rings is 7. The second-order valence-electron chi connectivity index (χ2n) is 13.1. The van der Waals surface area contributed by atoms with Crippen molar-refractivity contribution in [1.29, 1.82) is 0 Å². The van der Waals surface area contributed by atoms with Gasteiger partial charge in [-0.05, 0) is 56.9 Å². The second kappa shape index (κ2) is 11.4. The van der Waals surface area contributed by atoms with Crippen molar-refractivity contribution in [2.75, 3.05) is 0 Å². The molecule has 7 aromatic carbocycles. The zero-order valence-electron chi connectivity index (χ0n) is 27.7. The van der Waals surface area contributed by atoms with Gasteiger partial charge in [0.1, 0.15) is 0 Å². The molecule has 0 atom stereocenters. The van der Waals surface area contributed by atoms with Crippen molar-refractivity contribution in [3.8, 4) is 39.7 Å². The van der Waals surface area contributed by atoms with Crippen LogP contribution < -0.4 is 0 Å². The minimum absolute atomic E-state index is 0.599. The molecule has 0 amide bonds. The molecule has 0 saturated heterocycles. The van der Waals surface area contributed by atoms with E-state index in [0.29, 0.717) is 11.8 Å². The number of aromatic nitrogens is 5. The Kier molecular flexibility index (Phi) is 6.35. The van der Waals surface area contributed by atoms with Crippen molar-refractivity contribution in [2.45, 2.75) is 0 Å². The first kappa shape index (κ1) is 29.0. The number of hydrogen-bond acceptors (Lipinski definition) is 5. The molecule has 4 heterocycles. The quantitative estimate of drug-likeness (QED) is 0.185. The highest BCUT2D eigenvalue weighted by Crippen LogP contribution is 2.42. The van der Waals surface area contributed by atoms with E-state index in [2.05, 4.69) is 144 Å². The standard InChI is InChI=1S/C46H27N5S/c1-3-11-28(12-4-1)32-21-24-39-36(25-32)43-44(52-39)42(31-15-5-2-6-16-31)49-45(50-43)33-26-47-46(48-27-33)51-37-22-19-29-13-7-9-17-34(29)40(37)41-35-18-10-8-14-30(35)20-23-38(41)51/h1-27H. The molecule has 0 spiro atoms. The van der Waals surface area contributed by atoms with Gasteiger partial charge in [-0.2, -0.15) is 0 Å². The Morgan fingerprint density at radius 2 is 1.06 bits per heavy atom. The van der Waals surface area contributed by atoms with Crippen LogP contribution in [0.3, 0.4) is 0 Å². The van der Waals surface area contributed by atoms with Crippen LogP contribution in [0.5, 0.6) is 0 Å². The summed E-state index contributed by atoms with van der Waals surface area (Å²) in [5.74, 6) is 1.20. The smallest absolute Gasteiger partial charge is 0.234 e. The number of thiophene rings is 1. The average Bonchev–Trinajstić information content (AvgIpc) is 3.77. The largest absolute Gasteiger partial charge is 0.278 e. The van der Waals surface area contributed by atoms with Gasteiger partial charge >= 0.3 is 0 Å². The number of nitrogens with zero attached hydrogens (tertiary/aromatic N) is 5. The summed E-state index contributed by atoms with van der Waals surface area (Å²) in [4.78, 5) is 20.5. The molecule has 0 bridgehead atoms. The van der Waals surface area contributed by atoms with E-state index in [4.69, 9.17) is 19.9 Å². The number of rotatable bonds is 4. The summed E-state index contributed by atoms with van der Waals surface area (Å²) in [6, 6.07) is 53.4. The Hall–Kier alpha value is -6.76. The lowest BCUT2D eigenvalue weighted by Gasteiger charge is -2.09. The summed E-state index contributed by atoms with van der Waals surface area (Å²) in [5, 5.41) is 8.37. The van der Waals surface area contributed by atoms with E-state index >= 15 is 0 Å². The minimum Gasteiger partial charge on any atom is -0.278 e. The van der Waals surface area contributed by atoms with Crippen molar-refractivity contribution < 1.29 is 0 Å². The van der Waals surface area contributed by atoms with Crippen LogP contribution in [-0.4, -0.2) is 24.5 Å². The van der Waals surface area contributed by atoms with Crippen molar-refractivity contribution in [3.05, 3.63) is 164 Å². The zero-order chi connectivity index (χ0) is 34.2. The lowest BCUT2D eigenvalue weighted by atomic mass is 10.00. The molecule has 0 saturated carbocycles. The van der Waals surface area contributed by atoms with Gasteiger partial charge in [0.25, 0.3) is 0 Å². The van der Waals surface area contributed by atoms with Gasteiger partial charge in [0.2, 0.25) is 5.95 Å². The van der Waals surface area contributed by atoms with Gasteiger partial charge in [-0.25, -0.2) is 19.9 Å². The molecule has 52 heavy (non-hydrogen) atoms. The zero-order valence-corrected chi connectivity index (χ0v) is 28.5. The number of fused-ring (bicyclic) bond motifs is 10. The van der Waals surface area contributed by atoms with Gasteiger partial charge in [0.15, 0.2) is 5.82 Å². The molecule has 0 aliphatic carbocycles. The van der Waals surface area contributed by atoms with Gasteiger partial charge in [0, 0.05) is 38.8 Å². The van der Waals surface area contributed by atoms with Gasteiger partial charge in [-0.1, -0.05) is 127 Å². The fourth-order valence-electron chi connectivity index (χ4n) is 7.69. The lowest BCUT2D eigenvalue weighted by Crippen LogP contribution is -2.02. The molecule has 5 nitrogen and oxygen atoms in total. The molecule has 0 radical (unpaired) electrons. The van der Waals surface area contributed by atoms with Crippen LogP contribution in [0.25, 0.3) is 103 Å². The van der Waals surface area contributed by atoms with Crippen LogP contribution in [0.2, 0.25) is 0 Å². The van der Waals surface area contributed by atoms with Crippen LogP contribution in [0.1, 0.15) is 0 Å². The van der Waals surface area contributed by atoms with Gasteiger partial charge in [0.05, 0.1) is 32.5 Å². The highest BCUT2D eigenvalue weighted by molar-refractivity contribution is 7.26. The van der Waals surface area contributed by atoms with Crippen LogP contribution in [0.15, 0.2) is 164 Å². The summed E-state index contributed by atoms with van der Waals surface area (Å²) in [7, 11) is 0. The normalized spacial score (nSPS) is 11.8. The van der Waals surface area contributed by atoms with E-state index in [1.54, 1.807) is 11.3 Å². The molecule has 4 aromatic heterocycles. The molecule has 0 aliphatic heterocycles. The highest BCUT2D eigenvalue weighted by atomic mass is 32.1. The average molecular weight is 682 g/mol. The number of hydrogen-bond donors (Lipinski definition) is 0. The maximum Gasteiger partial charge on any atom is 0.234 e. The topological polar surface area (TPSA) is 56.5 Å². The van der Waals surface area contributed by atoms with Gasteiger partial charge in [-0.3, -0.25) is 4.57 Å². The fraction of sp³-hybridized carbons (Fsp3) is 0. The molecule has 11 rings (SSSR count). The molecule has 6 heteroatoms. The predicted octanol–water partition coefficient (Wildman–Crippen LogP) is 12.0. The van der Waals surface area contributed by atoms with E-state index in [9.17, 15) is 0 Å². The Labute approximate surface area is 302 Å². The summed E-state index contributed by atoms with van der Waals surface area (Å²) in [5.41, 5.74) is 8.14. The van der Waals surface area contributed by atoms with Crippen LogP contribution >= 0.6 is 11.3 Å². The van der Waals surface area contributed by atoms with Crippen LogP contribution in [0.4, 0.5) is 0 Å². The molecule has 0 unspecified atom stereocenters. The summed E-state index contributed by atoms with van der Waals surface area (Å²) in [6.45, 7) is 0. The monoisotopic (exact) mass is 681 g/mol. The summed E-state index contributed by atoms with van der Waals surface area (Å²) in [6.07, 6.45) is 3.73. The molecule has 11 aromatic rings. The molecule has 0 fully saturated rings. The fourth-order valence-corrected chi connectivity index (χ4v) is 8.82. The van der Waals surface area contributed by atoms with Crippen molar-refractivity contribution >= 4 is 75.0 Å². The first-order valence-electron chi connectivity index (χ1n) is 17.3. The molecule has 0 N–H and O–H groups in total. The highest BCUT2D eigenvalue weighted by Gasteiger charge is 2.20. The third-order valence-electron chi connectivity index (χ3n) is 10.1. The Balaban J connectivity index is 1.12. The molecule has 242 valence electrons. The first-order valence-corrected chi connectivity index (χ1v) is 18.1. The lowest BCUT2D eigenvalue weighted by molar-refractivity contribution is 0.987. The molecular weight excluding hydrogens is 655 g/mol. The maximum atomic E-state index is 5.23. The third kappa shape index (κ3) is 4.41. The minimum atomic E-state index is 0.599. The summed E-state index contributed by atoms with van der Waals surface area (Å²) >= 11 is 1.74. The summed E-state index contributed by atoms with van der Waals surface area (Å²) < 4.78 is 4.43. The Morgan fingerprint density at radius 3 is 1.71 bits per heavy atom. The van der Waals surface area contributed by atoms with Crippen LogP contribution in [0, 0.1) is 0 Å². The predicted molar refractivity (Wildman–Crippen MR) is 216 cm³/mol. The SMILES string of the molecule is c1ccc(-c2ccc3sc4c(-c5ccccc5)nc(-c5cnc(-n6c7ccc8ccccc8c7c7c8ccccc8ccc76)nc5)nc4c3c2)cc1. The van der Waals surface area contributed by atoms with Crippen molar-refractivity contribution in [1.82, 2.24) is 24.5 Å². The van der Waals surface area contributed by atoms with Crippen LogP contribution in [-0.2, 0) is 0 Å². The second-order valence-corrected chi connectivity index (χ2v) is 14.1. The van der Waals surface area contributed by atoms with Crippen molar-refractivity contribution in [3.63, 3.8) is 0 Å². The third-order valence-corrected chi connectivity index (χ3v) is 11.3. The Morgan fingerprint density at radius 1 is 0.462 bits per heavy atom.